The zero-order valence-corrected chi connectivity index (χ0v) is 18.4. The van der Waals surface area contributed by atoms with Crippen molar-refractivity contribution in [3.05, 3.63) is 98.5 Å². The minimum absolute atomic E-state index is 0.128. The van der Waals surface area contributed by atoms with Gasteiger partial charge in [0.15, 0.2) is 5.76 Å². The summed E-state index contributed by atoms with van der Waals surface area (Å²) >= 11 is 3.45. The summed E-state index contributed by atoms with van der Waals surface area (Å²) in [5, 5.41) is 0. The third-order valence-corrected chi connectivity index (χ3v) is 5.96. The summed E-state index contributed by atoms with van der Waals surface area (Å²) < 4.78 is 26.1. The van der Waals surface area contributed by atoms with Crippen LogP contribution in [0.1, 0.15) is 32.6 Å². The topological polar surface area (TPSA) is 38.8 Å². The first kappa shape index (κ1) is 20.0. The molecule has 0 bridgehead atoms. The zero-order valence-electron chi connectivity index (χ0n) is 16.8. The van der Waals surface area contributed by atoms with E-state index < -0.39 is 0 Å². The third kappa shape index (κ3) is 3.89. The molecule has 2 heterocycles. The van der Waals surface area contributed by atoms with E-state index in [0.29, 0.717) is 36.9 Å². The highest BCUT2D eigenvalue weighted by molar-refractivity contribution is 9.10. The molecule has 2 aliphatic rings. The number of ketones is 1. The summed E-state index contributed by atoms with van der Waals surface area (Å²) in [6.07, 6.45) is 1.76. The van der Waals surface area contributed by atoms with Gasteiger partial charge in [0.2, 0.25) is 5.78 Å². The highest BCUT2D eigenvalue weighted by atomic mass is 79.9. The maximum Gasteiger partial charge on any atom is 0.231 e. The van der Waals surface area contributed by atoms with Gasteiger partial charge in [0, 0.05) is 28.7 Å². The first-order chi connectivity index (χ1) is 15.0. The smallest absolute Gasteiger partial charge is 0.231 e. The zero-order chi connectivity index (χ0) is 21.5. The molecule has 0 unspecified atom stereocenters. The van der Waals surface area contributed by atoms with E-state index in [0.717, 1.165) is 32.5 Å². The lowest BCUT2D eigenvalue weighted by Gasteiger charge is -2.30. The van der Waals surface area contributed by atoms with Gasteiger partial charge in [0.25, 0.3) is 0 Å². The monoisotopic (exact) mass is 479 g/mol. The summed E-state index contributed by atoms with van der Waals surface area (Å²) in [5.41, 5.74) is 4.23. The minimum atomic E-state index is -0.250. The predicted molar refractivity (Wildman–Crippen MR) is 119 cm³/mol. The molecule has 0 atom stereocenters. The van der Waals surface area contributed by atoms with E-state index in [-0.39, 0.29) is 11.6 Å². The molecule has 0 fully saturated rings. The highest BCUT2D eigenvalue weighted by Crippen LogP contribution is 2.43. The number of nitrogens with zero attached hydrogens (tertiary/aromatic N) is 1. The summed E-state index contributed by atoms with van der Waals surface area (Å²) in [7, 11) is 0. The van der Waals surface area contributed by atoms with Crippen molar-refractivity contribution in [2.75, 3.05) is 6.73 Å². The molecule has 0 spiro atoms. The van der Waals surface area contributed by atoms with E-state index in [1.165, 1.54) is 12.1 Å². The molecule has 6 heteroatoms. The minimum Gasteiger partial charge on any atom is -0.477 e. The third-order valence-electron chi connectivity index (χ3n) is 5.47. The van der Waals surface area contributed by atoms with Crippen LogP contribution in [0.3, 0.4) is 0 Å². The van der Waals surface area contributed by atoms with Gasteiger partial charge in [-0.1, -0.05) is 40.2 Å². The maximum absolute atomic E-state index is 13.2. The van der Waals surface area contributed by atoms with Crippen LogP contribution in [0.15, 0.2) is 64.8 Å². The van der Waals surface area contributed by atoms with Crippen LogP contribution in [0.2, 0.25) is 0 Å². The molecule has 4 nitrogen and oxygen atoms in total. The Bertz CT molecular complexity index is 1220. The Hall–Kier alpha value is -2.96. The number of Topliss-reactive ketones (excluding diaryl/α,β-unsaturated/α-hetero) is 1. The Morgan fingerprint density at radius 1 is 1.13 bits per heavy atom. The number of carbonyl (C=O) groups is 1. The molecule has 0 aliphatic carbocycles. The standard InChI is InChI=1S/C25H19BrFNO3/c1-15-24-18(13-28(14-30-24)12-16-5-7-20(27)8-6-16)11-21-23(29)22(31-25(15)21)10-17-3-2-4-19(26)9-17/h2-11H,12-14H2,1H3/b22-10-. The van der Waals surface area contributed by atoms with Gasteiger partial charge >= 0.3 is 0 Å². The number of carbonyl (C=O) groups excluding carboxylic acids is 1. The first-order valence-corrected chi connectivity index (χ1v) is 10.7. The molecule has 0 radical (unpaired) electrons. The maximum atomic E-state index is 13.2. The number of halogens is 2. The quantitative estimate of drug-likeness (QED) is 0.440. The van der Waals surface area contributed by atoms with Crippen LogP contribution in [-0.4, -0.2) is 17.4 Å². The van der Waals surface area contributed by atoms with Crippen LogP contribution in [0, 0.1) is 12.7 Å². The number of hydrogen-bond acceptors (Lipinski definition) is 4. The molecular weight excluding hydrogens is 461 g/mol. The molecule has 0 amide bonds. The number of fused-ring (bicyclic) bond motifs is 2. The second-order valence-electron chi connectivity index (χ2n) is 7.75. The van der Waals surface area contributed by atoms with Crippen LogP contribution in [0.5, 0.6) is 11.5 Å². The predicted octanol–water partition coefficient (Wildman–Crippen LogP) is 5.86. The van der Waals surface area contributed by atoms with Gasteiger partial charge in [-0.25, -0.2) is 4.39 Å². The van der Waals surface area contributed by atoms with Crippen LogP contribution in [0.25, 0.3) is 6.08 Å². The Kier molecular flexibility index (Phi) is 5.12. The summed E-state index contributed by atoms with van der Waals surface area (Å²) in [4.78, 5) is 15.1. The number of benzene rings is 3. The SMILES string of the molecule is Cc1c2c(cc3c1O/C(=C\c1cccc(Br)c1)C3=O)CN(Cc1ccc(F)cc1)CO2. The van der Waals surface area contributed by atoms with E-state index >= 15 is 0 Å². The number of hydrogen-bond donors (Lipinski definition) is 0. The molecule has 0 saturated heterocycles. The van der Waals surface area contributed by atoms with Crippen LogP contribution in [0.4, 0.5) is 4.39 Å². The number of allylic oxidation sites excluding steroid dienone is 1. The van der Waals surface area contributed by atoms with Crippen molar-refractivity contribution in [1.29, 1.82) is 0 Å². The first-order valence-electron chi connectivity index (χ1n) is 9.94. The van der Waals surface area contributed by atoms with Crippen molar-refractivity contribution < 1.29 is 18.7 Å². The lowest BCUT2D eigenvalue weighted by Crippen LogP contribution is -2.32. The van der Waals surface area contributed by atoms with E-state index in [9.17, 15) is 9.18 Å². The van der Waals surface area contributed by atoms with Gasteiger partial charge in [-0.05, 0) is 54.5 Å². The van der Waals surface area contributed by atoms with E-state index in [1.54, 1.807) is 18.2 Å². The molecule has 0 N–H and O–H groups in total. The Labute approximate surface area is 188 Å². The van der Waals surface area contributed by atoms with Crippen molar-refractivity contribution >= 4 is 27.8 Å². The molecule has 3 aromatic carbocycles. The molecule has 5 rings (SSSR count). The average molecular weight is 480 g/mol. The van der Waals surface area contributed by atoms with Crippen molar-refractivity contribution in [3.63, 3.8) is 0 Å². The lowest BCUT2D eigenvalue weighted by atomic mass is 10.00. The molecule has 31 heavy (non-hydrogen) atoms. The van der Waals surface area contributed by atoms with Gasteiger partial charge in [0.05, 0.1) is 5.56 Å². The van der Waals surface area contributed by atoms with Crippen molar-refractivity contribution in [1.82, 2.24) is 4.90 Å². The summed E-state index contributed by atoms with van der Waals surface area (Å²) in [5.74, 6) is 1.27. The van der Waals surface area contributed by atoms with Crippen molar-refractivity contribution in [3.8, 4) is 11.5 Å². The number of rotatable bonds is 3. The average Bonchev–Trinajstić information content (AvgIpc) is 3.06. The highest BCUT2D eigenvalue weighted by Gasteiger charge is 2.33. The van der Waals surface area contributed by atoms with Crippen LogP contribution in [-0.2, 0) is 13.1 Å². The largest absolute Gasteiger partial charge is 0.477 e. The fourth-order valence-electron chi connectivity index (χ4n) is 3.99. The van der Waals surface area contributed by atoms with Crippen molar-refractivity contribution in [2.45, 2.75) is 20.0 Å². The van der Waals surface area contributed by atoms with E-state index in [2.05, 4.69) is 20.8 Å². The van der Waals surface area contributed by atoms with Gasteiger partial charge in [-0.2, -0.15) is 0 Å². The van der Waals surface area contributed by atoms with Gasteiger partial charge in [-0.15, -0.1) is 0 Å². The lowest BCUT2D eigenvalue weighted by molar-refractivity contribution is 0.0876. The van der Waals surface area contributed by atoms with Crippen LogP contribution >= 0.6 is 15.9 Å². The fourth-order valence-corrected chi connectivity index (χ4v) is 4.41. The van der Waals surface area contributed by atoms with Crippen molar-refractivity contribution in [2.24, 2.45) is 0 Å². The second kappa shape index (κ2) is 7.94. The molecule has 3 aromatic rings. The van der Waals surface area contributed by atoms with E-state index in [4.69, 9.17) is 9.47 Å². The van der Waals surface area contributed by atoms with Crippen LogP contribution < -0.4 is 9.47 Å². The number of ether oxygens (including phenoxy) is 2. The molecule has 156 valence electrons. The van der Waals surface area contributed by atoms with E-state index in [1.807, 2.05) is 37.3 Å². The van der Waals surface area contributed by atoms with Gasteiger partial charge < -0.3 is 9.47 Å². The second-order valence-corrected chi connectivity index (χ2v) is 8.66. The molecule has 0 aromatic heterocycles. The molecule has 2 aliphatic heterocycles. The summed E-state index contributed by atoms with van der Waals surface area (Å²) in [6, 6.07) is 16.0. The fraction of sp³-hybridized carbons (Fsp3) is 0.160. The molecule has 0 saturated carbocycles. The summed E-state index contributed by atoms with van der Waals surface area (Å²) in [6.45, 7) is 3.61. The Morgan fingerprint density at radius 3 is 2.71 bits per heavy atom. The normalized spacial score (nSPS) is 16.6. The van der Waals surface area contributed by atoms with Gasteiger partial charge in [0.1, 0.15) is 24.0 Å². The molecular formula is C25H19BrFNO3. The Balaban J connectivity index is 1.42. The van der Waals surface area contributed by atoms with Gasteiger partial charge in [-0.3, -0.25) is 9.69 Å². The Morgan fingerprint density at radius 2 is 1.94 bits per heavy atom.